The average Bonchev–Trinajstić information content (AvgIpc) is 2.89. The highest BCUT2D eigenvalue weighted by Gasteiger charge is 2.31. The molecule has 0 bridgehead atoms. The monoisotopic (exact) mass is 302 g/mol. The van der Waals surface area contributed by atoms with Crippen LogP contribution in [0.15, 0.2) is 17.0 Å². The van der Waals surface area contributed by atoms with Gasteiger partial charge in [-0.3, -0.25) is 9.00 Å². The molecule has 2 rings (SSSR count). The Balaban J connectivity index is 2.24. The van der Waals surface area contributed by atoms with Crippen molar-refractivity contribution in [2.24, 2.45) is 0 Å². The summed E-state index contributed by atoms with van der Waals surface area (Å²) in [4.78, 5) is 13.1. The summed E-state index contributed by atoms with van der Waals surface area (Å²) in [5.74, 6) is -2.31. The molecule has 0 spiro atoms. The van der Waals surface area contributed by atoms with Crippen molar-refractivity contribution in [3.8, 4) is 0 Å². The summed E-state index contributed by atoms with van der Waals surface area (Å²) in [6.45, 7) is 2.63. The van der Waals surface area contributed by atoms with Gasteiger partial charge >= 0.3 is 0 Å². The maximum absolute atomic E-state index is 13.7. The normalized spacial score (nSPS) is 18.1. The smallest absolute Gasteiger partial charge is 0.238 e. The molecule has 2 N–H and O–H groups in total. The molecular weight excluding hydrogens is 286 g/mol. The fourth-order valence-electron chi connectivity index (χ4n) is 2.23. The number of amides is 1. The average molecular weight is 302 g/mol. The van der Waals surface area contributed by atoms with E-state index in [1.807, 2.05) is 0 Å². The van der Waals surface area contributed by atoms with Crippen molar-refractivity contribution in [2.45, 2.75) is 29.9 Å². The van der Waals surface area contributed by atoms with Crippen LogP contribution in [-0.4, -0.2) is 33.4 Å². The van der Waals surface area contributed by atoms with Gasteiger partial charge in [0.1, 0.15) is 21.8 Å². The maximum Gasteiger partial charge on any atom is 0.238 e. The summed E-state index contributed by atoms with van der Waals surface area (Å²) >= 11 is 0. The fraction of sp³-hybridized carbons (Fsp3) is 0.462. The molecule has 1 saturated heterocycles. The van der Waals surface area contributed by atoms with Crippen molar-refractivity contribution in [3.63, 3.8) is 0 Å². The second kappa shape index (κ2) is 5.87. The number of nitrogens with zero attached hydrogens (tertiary/aromatic N) is 1. The van der Waals surface area contributed by atoms with Gasteiger partial charge in [-0.15, -0.1) is 0 Å². The second-order valence-electron chi connectivity index (χ2n) is 4.79. The Labute approximate surface area is 118 Å². The Bertz CT molecular complexity index is 536. The van der Waals surface area contributed by atoms with Crippen molar-refractivity contribution >= 4 is 22.4 Å². The lowest BCUT2D eigenvalue weighted by Crippen LogP contribution is -2.38. The SMILES string of the molecule is CC(C(=O)N1CCCC1)S(=O)c1c(F)cc(N)cc1F. The summed E-state index contributed by atoms with van der Waals surface area (Å²) in [7, 11) is -2.08. The molecule has 20 heavy (non-hydrogen) atoms. The Hall–Kier alpha value is -1.50. The van der Waals surface area contributed by atoms with Gasteiger partial charge < -0.3 is 10.6 Å². The zero-order chi connectivity index (χ0) is 14.9. The van der Waals surface area contributed by atoms with Crippen molar-refractivity contribution in [2.75, 3.05) is 18.8 Å². The zero-order valence-corrected chi connectivity index (χ0v) is 11.9. The van der Waals surface area contributed by atoms with Crippen LogP contribution in [0.2, 0.25) is 0 Å². The van der Waals surface area contributed by atoms with Crippen LogP contribution in [0, 0.1) is 11.6 Å². The van der Waals surface area contributed by atoms with Crippen LogP contribution in [0.4, 0.5) is 14.5 Å². The lowest BCUT2D eigenvalue weighted by Gasteiger charge is -2.20. The molecule has 0 aliphatic carbocycles. The van der Waals surface area contributed by atoms with E-state index in [2.05, 4.69) is 0 Å². The number of likely N-dealkylation sites (tertiary alicyclic amines) is 1. The summed E-state index contributed by atoms with van der Waals surface area (Å²) in [5, 5.41) is -0.985. The molecule has 2 unspecified atom stereocenters. The highest BCUT2D eigenvalue weighted by Crippen LogP contribution is 2.24. The minimum Gasteiger partial charge on any atom is -0.399 e. The minimum atomic E-state index is -2.08. The molecule has 4 nitrogen and oxygen atoms in total. The van der Waals surface area contributed by atoms with Gasteiger partial charge in [0.25, 0.3) is 0 Å². The zero-order valence-electron chi connectivity index (χ0n) is 11.1. The highest BCUT2D eigenvalue weighted by molar-refractivity contribution is 7.86. The Morgan fingerprint density at radius 1 is 1.30 bits per heavy atom. The third-order valence-electron chi connectivity index (χ3n) is 3.31. The lowest BCUT2D eigenvalue weighted by molar-refractivity contribution is -0.129. The molecule has 0 aromatic heterocycles. The van der Waals surface area contributed by atoms with Gasteiger partial charge in [0.15, 0.2) is 0 Å². The minimum absolute atomic E-state index is 0.0840. The number of carbonyl (C=O) groups is 1. The van der Waals surface area contributed by atoms with E-state index in [0.717, 1.165) is 25.0 Å². The van der Waals surface area contributed by atoms with Crippen LogP contribution in [0.3, 0.4) is 0 Å². The first-order valence-electron chi connectivity index (χ1n) is 6.35. The quantitative estimate of drug-likeness (QED) is 0.864. The molecule has 7 heteroatoms. The van der Waals surface area contributed by atoms with E-state index >= 15 is 0 Å². The first-order valence-corrected chi connectivity index (χ1v) is 7.57. The fourth-order valence-corrected chi connectivity index (χ4v) is 3.42. The molecule has 0 saturated carbocycles. The molecule has 1 heterocycles. The number of carbonyl (C=O) groups excluding carboxylic acids is 1. The van der Waals surface area contributed by atoms with E-state index in [1.165, 1.54) is 6.92 Å². The number of nitrogens with two attached hydrogens (primary N) is 1. The Morgan fingerprint density at radius 2 is 1.80 bits per heavy atom. The number of hydrogen-bond donors (Lipinski definition) is 1. The van der Waals surface area contributed by atoms with Crippen molar-refractivity contribution < 1.29 is 17.8 Å². The molecule has 1 amide bonds. The first-order chi connectivity index (χ1) is 9.41. The predicted octanol–water partition coefficient (Wildman–Crippen LogP) is 1.67. The molecule has 2 atom stereocenters. The van der Waals surface area contributed by atoms with E-state index in [9.17, 15) is 17.8 Å². The van der Waals surface area contributed by atoms with Crippen LogP contribution < -0.4 is 5.73 Å². The van der Waals surface area contributed by atoms with Crippen LogP contribution in [0.1, 0.15) is 19.8 Å². The van der Waals surface area contributed by atoms with Crippen molar-refractivity contribution in [1.29, 1.82) is 0 Å². The van der Waals surface area contributed by atoms with Crippen LogP contribution >= 0.6 is 0 Å². The number of rotatable bonds is 3. The van der Waals surface area contributed by atoms with Crippen molar-refractivity contribution in [1.82, 2.24) is 4.90 Å². The number of halogens is 2. The Morgan fingerprint density at radius 3 is 2.30 bits per heavy atom. The Kier molecular flexibility index (Phi) is 4.37. The summed E-state index contributed by atoms with van der Waals surface area (Å²) in [6, 6.07) is 1.81. The third-order valence-corrected chi connectivity index (χ3v) is 4.94. The summed E-state index contributed by atoms with van der Waals surface area (Å²) < 4.78 is 39.7. The summed E-state index contributed by atoms with van der Waals surface area (Å²) in [5.41, 5.74) is 5.23. The molecular formula is C13H16F2N2O2S. The van der Waals surface area contributed by atoms with Gasteiger partial charge in [-0.25, -0.2) is 8.78 Å². The van der Waals surface area contributed by atoms with Gasteiger partial charge in [0.2, 0.25) is 5.91 Å². The van der Waals surface area contributed by atoms with E-state index in [1.54, 1.807) is 4.90 Å². The topological polar surface area (TPSA) is 63.4 Å². The van der Waals surface area contributed by atoms with Gasteiger partial charge in [0, 0.05) is 18.8 Å². The molecule has 110 valence electrons. The standard InChI is InChI=1S/C13H16F2N2O2S/c1-8(13(18)17-4-2-3-5-17)20(19)12-10(14)6-9(16)7-11(12)15/h6-8H,2-5,16H2,1H3. The lowest BCUT2D eigenvalue weighted by atomic mass is 10.3. The number of nitrogen functional groups attached to an aromatic ring is 1. The van der Waals surface area contributed by atoms with Crippen molar-refractivity contribution in [3.05, 3.63) is 23.8 Å². The summed E-state index contributed by atoms with van der Waals surface area (Å²) in [6.07, 6.45) is 1.80. The van der Waals surface area contributed by atoms with Crippen LogP contribution in [-0.2, 0) is 15.6 Å². The van der Waals surface area contributed by atoms with E-state index in [4.69, 9.17) is 5.73 Å². The maximum atomic E-state index is 13.7. The van der Waals surface area contributed by atoms with Gasteiger partial charge in [-0.1, -0.05) is 0 Å². The number of hydrogen-bond acceptors (Lipinski definition) is 3. The van der Waals surface area contributed by atoms with Gasteiger partial charge in [0.05, 0.1) is 10.8 Å². The van der Waals surface area contributed by atoms with E-state index in [0.29, 0.717) is 13.1 Å². The molecule has 1 aliphatic rings. The molecule has 1 aromatic rings. The van der Waals surface area contributed by atoms with E-state index < -0.39 is 32.6 Å². The van der Waals surface area contributed by atoms with Crippen LogP contribution in [0.5, 0.6) is 0 Å². The second-order valence-corrected chi connectivity index (χ2v) is 6.50. The predicted molar refractivity (Wildman–Crippen MR) is 72.5 cm³/mol. The number of benzene rings is 1. The van der Waals surface area contributed by atoms with Crippen LogP contribution in [0.25, 0.3) is 0 Å². The van der Waals surface area contributed by atoms with Gasteiger partial charge in [-0.2, -0.15) is 0 Å². The third kappa shape index (κ3) is 2.82. The van der Waals surface area contributed by atoms with E-state index in [-0.39, 0.29) is 11.6 Å². The van der Waals surface area contributed by atoms with Gasteiger partial charge in [-0.05, 0) is 31.9 Å². The molecule has 1 aliphatic heterocycles. The highest BCUT2D eigenvalue weighted by atomic mass is 32.2. The molecule has 1 aromatic carbocycles. The molecule has 1 fully saturated rings. The first kappa shape index (κ1) is 14.9. The molecule has 0 radical (unpaired) electrons. The largest absolute Gasteiger partial charge is 0.399 e. The number of anilines is 1.